The highest BCUT2D eigenvalue weighted by Gasteiger charge is 2.28. The SMILES string of the molecule is Cc1oc2ccccc2c1C1CCNC1C. The van der Waals surface area contributed by atoms with E-state index in [1.165, 1.54) is 17.4 Å². The molecule has 0 spiro atoms. The number of furan rings is 1. The Balaban J connectivity index is 2.18. The second kappa shape index (κ2) is 3.63. The molecule has 2 heterocycles. The first-order valence-electron chi connectivity index (χ1n) is 5.99. The number of benzene rings is 1. The van der Waals surface area contributed by atoms with Crippen LogP contribution in [0.5, 0.6) is 0 Å². The molecule has 0 bridgehead atoms. The van der Waals surface area contributed by atoms with Gasteiger partial charge in [0.1, 0.15) is 11.3 Å². The van der Waals surface area contributed by atoms with Crippen LogP contribution in [0.25, 0.3) is 11.0 Å². The predicted octanol–water partition coefficient (Wildman–Crippen LogP) is 3.21. The fourth-order valence-electron chi connectivity index (χ4n) is 2.90. The summed E-state index contributed by atoms with van der Waals surface area (Å²) in [5, 5.41) is 4.80. The molecule has 2 aromatic rings. The molecule has 1 saturated heterocycles. The zero-order valence-corrected chi connectivity index (χ0v) is 9.79. The van der Waals surface area contributed by atoms with Gasteiger partial charge in [0, 0.05) is 22.9 Å². The molecule has 2 nitrogen and oxygen atoms in total. The fraction of sp³-hybridized carbons (Fsp3) is 0.429. The Morgan fingerprint density at radius 1 is 1.31 bits per heavy atom. The summed E-state index contributed by atoms with van der Waals surface area (Å²) in [4.78, 5) is 0. The van der Waals surface area contributed by atoms with Crippen LogP contribution in [0.1, 0.15) is 30.6 Å². The van der Waals surface area contributed by atoms with Crippen LogP contribution in [0.4, 0.5) is 0 Å². The maximum Gasteiger partial charge on any atom is 0.134 e. The molecule has 1 aliphatic rings. The van der Waals surface area contributed by atoms with Crippen LogP contribution >= 0.6 is 0 Å². The summed E-state index contributed by atoms with van der Waals surface area (Å²) in [5.41, 5.74) is 2.43. The normalized spacial score (nSPS) is 25.4. The summed E-state index contributed by atoms with van der Waals surface area (Å²) in [5.74, 6) is 1.69. The number of para-hydroxylation sites is 1. The fourth-order valence-corrected chi connectivity index (χ4v) is 2.90. The van der Waals surface area contributed by atoms with Gasteiger partial charge in [-0.25, -0.2) is 0 Å². The Hall–Kier alpha value is -1.28. The summed E-state index contributed by atoms with van der Waals surface area (Å²) in [7, 11) is 0. The molecule has 1 N–H and O–H groups in total. The first-order valence-corrected chi connectivity index (χ1v) is 5.99. The van der Waals surface area contributed by atoms with E-state index in [1.54, 1.807) is 0 Å². The first-order chi connectivity index (χ1) is 7.77. The van der Waals surface area contributed by atoms with Crippen LogP contribution in [0, 0.1) is 6.92 Å². The van der Waals surface area contributed by atoms with Gasteiger partial charge in [-0.05, 0) is 32.9 Å². The van der Waals surface area contributed by atoms with Crippen molar-refractivity contribution in [2.24, 2.45) is 0 Å². The lowest BCUT2D eigenvalue weighted by molar-refractivity contribution is 0.544. The molecule has 1 aromatic heterocycles. The average Bonchev–Trinajstić information content (AvgIpc) is 2.81. The van der Waals surface area contributed by atoms with Crippen molar-refractivity contribution < 1.29 is 4.42 Å². The second-order valence-corrected chi connectivity index (χ2v) is 4.71. The molecule has 0 amide bonds. The smallest absolute Gasteiger partial charge is 0.134 e. The van der Waals surface area contributed by atoms with E-state index in [0.717, 1.165) is 17.9 Å². The number of nitrogens with one attached hydrogen (secondary N) is 1. The van der Waals surface area contributed by atoms with Crippen molar-refractivity contribution in [1.82, 2.24) is 5.32 Å². The van der Waals surface area contributed by atoms with Gasteiger partial charge in [-0.2, -0.15) is 0 Å². The van der Waals surface area contributed by atoms with Crippen LogP contribution in [-0.4, -0.2) is 12.6 Å². The average molecular weight is 215 g/mol. The van der Waals surface area contributed by atoms with E-state index in [2.05, 4.69) is 37.4 Å². The maximum atomic E-state index is 5.83. The Morgan fingerprint density at radius 3 is 2.88 bits per heavy atom. The minimum atomic E-state index is 0.555. The molecule has 3 rings (SSSR count). The largest absolute Gasteiger partial charge is 0.461 e. The Bertz CT molecular complexity index is 514. The Kier molecular flexibility index (Phi) is 2.25. The highest BCUT2D eigenvalue weighted by atomic mass is 16.3. The van der Waals surface area contributed by atoms with E-state index in [-0.39, 0.29) is 0 Å². The van der Waals surface area contributed by atoms with Crippen molar-refractivity contribution >= 4 is 11.0 Å². The molecule has 0 aliphatic carbocycles. The summed E-state index contributed by atoms with van der Waals surface area (Å²) in [6, 6.07) is 8.91. The molecular weight excluding hydrogens is 198 g/mol. The van der Waals surface area contributed by atoms with Crippen molar-refractivity contribution in [2.75, 3.05) is 6.54 Å². The zero-order valence-electron chi connectivity index (χ0n) is 9.79. The van der Waals surface area contributed by atoms with Gasteiger partial charge in [-0.15, -0.1) is 0 Å². The van der Waals surface area contributed by atoms with Crippen LogP contribution in [0.15, 0.2) is 28.7 Å². The lowest BCUT2D eigenvalue weighted by Gasteiger charge is -2.14. The van der Waals surface area contributed by atoms with Gasteiger partial charge in [0.25, 0.3) is 0 Å². The lowest BCUT2D eigenvalue weighted by atomic mass is 9.91. The van der Waals surface area contributed by atoms with E-state index >= 15 is 0 Å². The van der Waals surface area contributed by atoms with Gasteiger partial charge in [0.15, 0.2) is 0 Å². The first kappa shape index (κ1) is 9.91. The van der Waals surface area contributed by atoms with Gasteiger partial charge < -0.3 is 9.73 Å². The van der Waals surface area contributed by atoms with E-state index in [9.17, 15) is 0 Å². The topological polar surface area (TPSA) is 25.2 Å². The van der Waals surface area contributed by atoms with Gasteiger partial charge in [-0.3, -0.25) is 0 Å². The summed E-state index contributed by atoms with van der Waals surface area (Å²) in [6.07, 6.45) is 1.21. The predicted molar refractivity (Wildman–Crippen MR) is 65.8 cm³/mol. The van der Waals surface area contributed by atoms with Crippen molar-refractivity contribution in [1.29, 1.82) is 0 Å². The minimum Gasteiger partial charge on any atom is -0.461 e. The van der Waals surface area contributed by atoms with Gasteiger partial charge >= 0.3 is 0 Å². The van der Waals surface area contributed by atoms with E-state index in [4.69, 9.17) is 4.42 Å². The zero-order chi connectivity index (χ0) is 11.1. The molecule has 0 radical (unpaired) electrons. The quantitative estimate of drug-likeness (QED) is 0.790. The Morgan fingerprint density at radius 2 is 2.12 bits per heavy atom. The van der Waals surface area contributed by atoms with E-state index in [1.807, 2.05) is 6.07 Å². The molecule has 0 saturated carbocycles. The number of hydrogen-bond acceptors (Lipinski definition) is 2. The molecule has 2 unspecified atom stereocenters. The maximum absolute atomic E-state index is 5.83. The molecule has 1 fully saturated rings. The van der Waals surface area contributed by atoms with Crippen molar-refractivity contribution in [3.05, 3.63) is 35.6 Å². The highest BCUT2D eigenvalue weighted by Crippen LogP contribution is 2.36. The standard InChI is InChI=1S/C14H17NO/c1-9-11(7-8-15-9)14-10(2)16-13-6-4-3-5-12(13)14/h3-6,9,11,15H,7-8H2,1-2H3. The van der Waals surface area contributed by atoms with E-state index in [0.29, 0.717) is 12.0 Å². The highest BCUT2D eigenvalue weighted by molar-refractivity contribution is 5.83. The molecule has 2 atom stereocenters. The third-order valence-corrected chi connectivity index (χ3v) is 3.72. The number of rotatable bonds is 1. The number of fused-ring (bicyclic) bond motifs is 1. The number of aryl methyl sites for hydroxylation is 1. The molecular formula is C14H17NO. The van der Waals surface area contributed by atoms with Crippen molar-refractivity contribution in [2.45, 2.75) is 32.2 Å². The summed E-state index contributed by atoms with van der Waals surface area (Å²) < 4.78 is 5.83. The van der Waals surface area contributed by atoms with Crippen molar-refractivity contribution in [3.63, 3.8) is 0 Å². The molecule has 2 heteroatoms. The third-order valence-electron chi connectivity index (χ3n) is 3.72. The van der Waals surface area contributed by atoms with Gasteiger partial charge in [0.2, 0.25) is 0 Å². The molecule has 84 valence electrons. The van der Waals surface area contributed by atoms with E-state index < -0.39 is 0 Å². The van der Waals surface area contributed by atoms with Crippen LogP contribution < -0.4 is 5.32 Å². The van der Waals surface area contributed by atoms with Crippen molar-refractivity contribution in [3.8, 4) is 0 Å². The molecule has 16 heavy (non-hydrogen) atoms. The van der Waals surface area contributed by atoms with Crippen LogP contribution in [-0.2, 0) is 0 Å². The Labute approximate surface area is 95.6 Å². The van der Waals surface area contributed by atoms with Crippen LogP contribution in [0.2, 0.25) is 0 Å². The number of hydrogen-bond donors (Lipinski definition) is 1. The van der Waals surface area contributed by atoms with Gasteiger partial charge in [-0.1, -0.05) is 18.2 Å². The minimum absolute atomic E-state index is 0.555. The van der Waals surface area contributed by atoms with Crippen LogP contribution in [0.3, 0.4) is 0 Å². The summed E-state index contributed by atoms with van der Waals surface area (Å²) in [6.45, 7) is 5.46. The second-order valence-electron chi connectivity index (χ2n) is 4.71. The molecule has 1 aromatic carbocycles. The third kappa shape index (κ3) is 1.37. The molecule has 1 aliphatic heterocycles. The summed E-state index contributed by atoms with van der Waals surface area (Å²) >= 11 is 0. The van der Waals surface area contributed by atoms with Gasteiger partial charge in [0.05, 0.1) is 0 Å². The lowest BCUT2D eigenvalue weighted by Crippen LogP contribution is -2.21. The monoisotopic (exact) mass is 215 g/mol.